The first-order valence-corrected chi connectivity index (χ1v) is 13.5. The third kappa shape index (κ3) is 4.56. The Hall–Kier alpha value is -2.49. The van der Waals surface area contributed by atoms with Crippen LogP contribution in [-0.2, 0) is 17.6 Å². The highest BCUT2D eigenvalue weighted by Gasteiger charge is 2.23. The van der Waals surface area contributed by atoms with Crippen molar-refractivity contribution in [2.24, 2.45) is 0 Å². The number of carbonyl (C=O) groups excluding carboxylic acids is 1. The lowest BCUT2D eigenvalue weighted by Crippen LogP contribution is -2.23. The van der Waals surface area contributed by atoms with Crippen molar-refractivity contribution in [1.29, 1.82) is 0 Å². The largest absolute Gasteiger partial charge is 0.323 e. The molecule has 2 aromatic carbocycles. The summed E-state index contributed by atoms with van der Waals surface area (Å²) < 4.78 is 16.3. The summed E-state index contributed by atoms with van der Waals surface area (Å²) in [6.07, 6.45) is 4.07. The van der Waals surface area contributed by atoms with Crippen molar-refractivity contribution in [2.45, 2.75) is 37.8 Å². The maximum absolute atomic E-state index is 14.1. The normalized spacial score (nSPS) is 13.1. The molecule has 0 fully saturated rings. The van der Waals surface area contributed by atoms with Crippen molar-refractivity contribution in [3.05, 3.63) is 79.1 Å². The Kier molecular flexibility index (Phi) is 6.59. The molecule has 1 amide bonds. The van der Waals surface area contributed by atoms with Gasteiger partial charge in [0.25, 0.3) is 5.56 Å². The van der Waals surface area contributed by atoms with Crippen molar-refractivity contribution in [3.63, 3.8) is 0 Å². The monoisotopic (exact) mass is 557 g/mol. The van der Waals surface area contributed by atoms with Gasteiger partial charge in [-0.05, 0) is 68.5 Å². The molecular weight excluding hydrogens is 537 g/mol. The summed E-state index contributed by atoms with van der Waals surface area (Å²) in [5.41, 5.74) is 2.94. The van der Waals surface area contributed by atoms with Gasteiger partial charge in [0.2, 0.25) is 5.91 Å². The van der Waals surface area contributed by atoms with Crippen molar-refractivity contribution in [2.75, 3.05) is 11.1 Å². The van der Waals surface area contributed by atoms with Gasteiger partial charge in [-0.25, -0.2) is 9.37 Å². The SMILES string of the molecule is Cc1ccc(-n2c(SCC(=O)Nc3ccc(Br)cc3F)nc3sc4c(c3c2=O)CCCC4)cc1. The molecule has 174 valence electrons. The average molecular weight is 558 g/mol. The zero-order chi connectivity index (χ0) is 23.8. The van der Waals surface area contributed by atoms with E-state index in [1.165, 1.54) is 28.8 Å². The average Bonchev–Trinajstić information content (AvgIpc) is 3.19. The Morgan fingerprint density at radius 3 is 2.74 bits per heavy atom. The summed E-state index contributed by atoms with van der Waals surface area (Å²) in [4.78, 5) is 33.1. The highest BCUT2D eigenvalue weighted by Crippen LogP contribution is 2.35. The fraction of sp³-hybridized carbons (Fsp3) is 0.240. The Bertz CT molecular complexity index is 1460. The number of hydrogen-bond acceptors (Lipinski definition) is 5. The van der Waals surface area contributed by atoms with E-state index in [-0.39, 0.29) is 22.9 Å². The molecule has 0 atom stereocenters. The number of benzene rings is 2. The minimum atomic E-state index is -0.520. The van der Waals surface area contributed by atoms with Gasteiger partial charge in [-0.2, -0.15) is 0 Å². The lowest BCUT2D eigenvalue weighted by molar-refractivity contribution is -0.113. The van der Waals surface area contributed by atoms with Crippen LogP contribution < -0.4 is 10.9 Å². The molecule has 4 aromatic rings. The van der Waals surface area contributed by atoms with E-state index in [4.69, 9.17) is 4.98 Å². The molecule has 1 N–H and O–H groups in total. The van der Waals surface area contributed by atoms with Gasteiger partial charge in [-0.15, -0.1) is 11.3 Å². The van der Waals surface area contributed by atoms with Gasteiger partial charge in [0, 0.05) is 9.35 Å². The van der Waals surface area contributed by atoms with E-state index < -0.39 is 5.82 Å². The molecule has 0 radical (unpaired) electrons. The number of anilines is 1. The van der Waals surface area contributed by atoms with Crippen LogP contribution in [0.25, 0.3) is 15.9 Å². The lowest BCUT2D eigenvalue weighted by atomic mass is 9.97. The lowest BCUT2D eigenvalue weighted by Gasteiger charge is -2.14. The first-order chi connectivity index (χ1) is 16.4. The van der Waals surface area contributed by atoms with E-state index in [0.717, 1.165) is 41.6 Å². The van der Waals surface area contributed by atoms with Crippen LogP contribution in [0.2, 0.25) is 0 Å². The molecule has 1 aliphatic rings. The van der Waals surface area contributed by atoms with Gasteiger partial charge in [0.05, 0.1) is 22.5 Å². The first-order valence-electron chi connectivity index (χ1n) is 10.9. The van der Waals surface area contributed by atoms with Crippen LogP contribution >= 0.6 is 39.0 Å². The summed E-state index contributed by atoms with van der Waals surface area (Å²) in [6.45, 7) is 1.99. The molecule has 0 saturated heterocycles. The maximum Gasteiger partial charge on any atom is 0.267 e. The van der Waals surface area contributed by atoms with Gasteiger partial charge in [0.15, 0.2) is 5.16 Å². The van der Waals surface area contributed by atoms with Crippen LogP contribution in [0, 0.1) is 12.7 Å². The summed E-state index contributed by atoms with van der Waals surface area (Å²) in [5.74, 6) is -0.904. The number of amides is 1. The molecule has 1 aliphatic carbocycles. The van der Waals surface area contributed by atoms with Gasteiger partial charge in [-0.1, -0.05) is 45.4 Å². The van der Waals surface area contributed by atoms with E-state index in [9.17, 15) is 14.0 Å². The standard InChI is InChI=1S/C25H21BrFN3O2S2/c1-14-6-9-16(10-7-14)30-24(32)22-17-4-2-3-5-20(17)34-23(22)29-25(30)33-13-21(31)28-19-11-8-15(26)12-18(19)27/h6-12H,2-5,13H2,1H3,(H,28,31). The van der Waals surface area contributed by atoms with Gasteiger partial charge in [0.1, 0.15) is 10.6 Å². The van der Waals surface area contributed by atoms with Crippen LogP contribution in [0.15, 0.2) is 56.9 Å². The number of aromatic nitrogens is 2. The summed E-state index contributed by atoms with van der Waals surface area (Å²) in [6, 6.07) is 12.2. The summed E-state index contributed by atoms with van der Waals surface area (Å²) in [7, 11) is 0. The van der Waals surface area contributed by atoms with Gasteiger partial charge >= 0.3 is 0 Å². The summed E-state index contributed by atoms with van der Waals surface area (Å²) in [5, 5.41) is 3.75. The van der Waals surface area contributed by atoms with Crippen LogP contribution in [0.5, 0.6) is 0 Å². The molecule has 0 unspecified atom stereocenters. The molecular formula is C25H21BrFN3O2S2. The second kappa shape index (κ2) is 9.64. The van der Waals surface area contributed by atoms with Gasteiger partial charge in [-0.3, -0.25) is 14.2 Å². The number of nitrogens with one attached hydrogen (secondary N) is 1. The third-order valence-electron chi connectivity index (χ3n) is 5.79. The Labute approximate surface area is 212 Å². The Balaban J connectivity index is 1.51. The van der Waals surface area contributed by atoms with Crippen molar-refractivity contribution < 1.29 is 9.18 Å². The Morgan fingerprint density at radius 2 is 1.97 bits per heavy atom. The smallest absolute Gasteiger partial charge is 0.267 e. The van der Waals surface area contributed by atoms with E-state index in [0.29, 0.717) is 20.7 Å². The molecule has 2 aromatic heterocycles. The number of halogens is 2. The van der Waals surface area contributed by atoms with Crippen molar-refractivity contribution in [1.82, 2.24) is 9.55 Å². The molecule has 5 rings (SSSR count). The highest BCUT2D eigenvalue weighted by molar-refractivity contribution is 9.10. The Morgan fingerprint density at radius 1 is 1.21 bits per heavy atom. The zero-order valence-corrected chi connectivity index (χ0v) is 21.6. The second-order valence-corrected chi connectivity index (χ2v) is 11.2. The van der Waals surface area contributed by atoms with E-state index >= 15 is 0 Å². The van der Waals surface area contributed by atoms with E-state index in [1.54, 1.807) is 22.0 Å². The number of fused-ring (bicyclic) bond motifs is 3. The second-order valence-electron chi connectivity index (χ2n) is 8.22. The minimum absolute atomic E-state index is 0.00952. The molecule has 0 saturated carbocycles. The number of aryl methyl sites for hydroxylation is 3. The van der Waals surface area contributed by atoms with Crippen LogP contribution in [0.3, 0.4) is 0 Å². The van der Waals surface area contributed by atoms with E-state index in [1.807, 2.05) is 31.2 Å². The van der Waals surface area contributed by atoms with Crippen molar-refractivity contribution in [3.8, 4) is 5.69 Å². The van der Waals surface area contributed by atoms with Crippen molar-refractivity contribution >= 4 is 60.8 Å². The third-order valence-corrected chi connectivity index (χ3v) is 8.41. The van der Waals surface area contributed by atoms with Gasteiger partial charge < -0.3 is 5.32 Å². The molecule has 5 nitrogen and oxygen atoms in total. The fourth-order valence-corrected chi connectivity index (χ4v) is 6.56. The minimum Gasteiger partial charge on any atom is -0.323 e. The van der Waals surface area contributed by atoms with Crippen LogP contribution in [0.4, 0.5) is 10.1 Å². The number of rotatable bonds is 5. The quantitative estimate of drug-likeness (QED) is 0.232. The molecule has 0 bridgehead atoms. The molecule has 34 heavy (non-hydrogen) atoms. The zero-order valence-electron chi connectivity index (χ0n) is 18.4. The molecule has 0 spiro atoms. The topological polar surface area (TPSA) is 64.0 Å². The highest BCUT2D eigenvalue weighted by atomic mass is 79.9. The van der Waals surface area contributed by atoms with Crippen LogP contribution in [-0.4, -0.2) is 21.2 Å². The summed E-state index contributed by atoms with van der Waals surface area (Å²) >= 11 is 5.96. The molecule has 0 aliphatic heterocycles. The number of nitrogens with zero attached hydrogens (tertiary/aromatic N) is 2. The molecule has 9 heteroatoms. The number of thioether (sulfide) groups is 1. The maximum atomic E-state index is 14.1. The first kappa shape index (κ1) is 23.3. The van der Waals surface area contributed by atoms with Crippen LogP contribution in [0.1, 0.15) is 28.8 Å². The molecule has 2 heterocycles. The number of thiophene rings is 1. The fourth-order valence-electron chi connectivity index (χ4n) is 4.11. The predicted molar refractivity (Wildman–Crippen MR) is 140 cm³/mol. The number of hydrogen-bond donors (Lipinski definition) is 1. The van der Waals surface area contributed by atoms with E-state index in [2.05, 4.69) is 21.2 Å². The number of carbonyl (C=O) groups is 1. The predicted octanol–water partition coefficient (Wildman–Crippen LogP) is 6.27.